The Balaban J connectivity index is 2.11. The van der Waals surface area contributed by atoms with E-state index in [0.29, 0.717) is 10.9 Å². The highest BCUT2D eigenvalue weighted by atomic mass is 35.5. The number of fused-ring (bicyclic) bond motifs is 1. The monoisotopic (exact) mass is 270 g/mol. The van der Waals surface area contributed by atoms with Gasteiger partial charge in [0, 0.05) is 6.07 Å². The summed E-state index contributed by atoms with van der Waals surface area (Å²) in [5.41, 5.74) is 1.67. The van der Waals surface area contributed by atoms with E-state index >= 15 is 0 Å². The lowest BCUT2D eigenvalue weighted by atomic mass is 10.7. The smallest absolute Gasteiger partial charge is 0.199 e. The van der Waals surface area contributed by atoms with Gasteiger partial charge in [0.05, 0.1) is 0 Å². The van der Waals surface area contributed by atoms with E-state index < -0.39 is 0 Å². The number of aromatic nitrogens is 6. The van der Waals surface area contributed by atoms with Crippen molar-refractivity contribution in [2.75, 3.05) is 0 Å². The molecule has 0 atom stereocenters. The van der Waals surface area contributed by atoms with Crippen LogP contribution in [0.2, 0.25) is 5.15 Å². The molecule has 0 aromatic carbocycles. The van der Waals surface area contributed by atoms with Gasteiger partial charge in [-0.2, -0.15) is 19.6 Å². The third-order valence-corrected chi connectivity index (χ3v) is 3.69. The second-order valence-electron chi connectivity index (χ2n) is 2.70. The van der Waals surface area contributed by atoms with Crippen LogP contribution in [-0.2, 0) is 0 Å². The fourth-order valence-electron chi connectivity index (χ4n) is 1.13. The van der Waals surface area contributed by atoms with E-state index in [1.54, 1.807) is 16.1 Å². The SMILES string of the molecule is Clc1cc(Sc2nncs2)n2ncnc2n1. The van der Waals surface area contributed by atoms with Crippen LogP contribution in [-0.4, -0.2) is 29.8 Å². The van der Waals surface area contributed by atoms with Crippen LogP contribution in [0.15, 0.2) is 27.3 Å². The molecule has 0 N–H and O–H groups in total. The summed E-state index contributed by atoms with van der Waals surface area (Å²) in [6.45, 7) is 0. The third-order valence-electron chi connectivity index (χ3n) is 1.72. The first-order chi connectivity index (χ1) is 7.83. The molecule has 3 heterocycles. The summed E-state index contributed by atoms with van der Waals surface area (Å²) >= 11 is 8.76. The van der Waals surface area contributed by atoms with Crippen LogP contribution in [0.25, 0.3) is 5.78 Å². The molecule has 0 saturated carbocycles. The van der Waals surface area contributed by atoms with Crippen LogP contribution < -0.4 is 0 Å². The number of rotatable bonds is 2. The third kappa shape index (κ3) is 1.75. The van der Waals surface area contributed by atoms with Gasteiger partial charge < -0.3 is 0 Å². The van der Waals surface area contributed by atoms with Crippen molar-refractivity contribution in [3.05, 3.63) is 23.1 Å². The van der Waals surface area contributed by atoms with Crippen LogP contribution in [0, 0.1) is 0 Å². The van der Waals surface area contributed by atoms with Gasteiger partial charge in [-0.25, -0.2) is 0 Å². The van der Waals surface area contributed by atoms with Gasteiger partial charge in [0.25, 0.3) is 5.78 Å². The Bertz CT molecular complexity index is 621. The highest BCUT2D eigenvalue weighted by molar-refractivity contribution is 8.01. The van der Waals surface area contributed by atoms with Crippen molar-refractivity contribution >= 4 is 40.5 Å². The van der Waals surface area contributed by atoms with Crippen molar-refractivity contribution in [2.24, 2.45) is 0 Å². The second-order valence-corrected chi connectivity index (χ2v) is 5.18. The Morgan fingerprint density at radius 2 is 2.38 bits per heavy atom. The van der Waals surface area contributed by atoms with E-state index in [1.165, 1.54) is 29.4 Å². The van der Waals surface area contributed by atoms with E-state index in [0.717, 1.165) is 9.37 Å². The molecule has 0 aliphatic heterocycles. The first-order valence-corrected chi connectivity index (χ1v) is 6.20. The number of hydrogen-bond acceptors (Lipinski definition) is 7. The van der Waals surface area contributed by atoms with Gasteiger partial charge in [-0.1, -0.05) is 22.9 Å². The molecule has 0 amide bonds. The van der Waals surface area contributed by atoms with Crippen LogP contribution in [0.5, 0.6) is 0 Å². The first kappa shape index (κ1) is 9.94. The zero-order valence-corrected chi connectivity index (χ0v) is 10.00. The summed E-state index contributed by atoms with van der Waals surface area (Å²) in [6, 6.07) is 1.72. The molecule has 16 heavy (non-hydrogen) atoms. The number of nitrogens with zero attached hydrogens (tertiary/aromatic N) is 6. The molecule has 0 radical (unpaired) electrons. The van der Waals surface area contributed by atoms with Crippen molar-refractivity contribution < 1.29 is 0 Å². The Morgan fingerprint density at radius 1 is 1.44 bits per heavy atom. The van der Waals surface area contributed by atoms with Gasteiger partial charge in [-0.3, -0.25) is 0 Å². The van der Waals surface area contributed by atoms with Gasteiger partial charge >= 0.3 is 0 Å². The normalized spacial score (nSPS) is 11.1. The summed E-state index contributed by atoms with van der Waals surface area (Å²) in [7, 11) is 0. The molecule has 6 nitrogen and oxygen atoms in total. The molecule has 0 fully saturated rings. The first-order valence-electron chi connectivity index (χ1n) is 4.13. The Hall–Kier alpha value is -1.25. The molecule has 0 aliphatic carbocycles. The summed E-state index contributed by atoms with van der Waals surface area (Å²) in [4.78, 5) is 8.01. The lowest BCUT2D eigenvalue weighted by Gasteiger charge is -2.00. The predicted octanol–water partition coefficient (Wildman–Crippen LogP) is 1.78. The highest BCUT2D eigenvalue weighted by Gasteiger charge is 2.09. The lowest BCUT2D eigenvalue weighted by Crippen LogP contribution is -1.95. The van der Waals surface area contributed by atoms with Crippen molar-refractivity contribution in [2.45, 2.75) is 9.37 Å². The number of hydrogen-bond donors (Lipinski definition) is 0. The van der Waals surface area contributed by atoms with Gasteiger partial charge in [-0.05, 0) is 11.8 Å². The van der Waals surface area contributed by atoms with Crippen LogP contribution in [0.1, 0.15) is 0 Å². The standard InChI is InChI=1S/C7H3ClN6S2/c8-4-1-5(16-7-13-10-3-15-7)14-6(12-4)9-2-11-14/h1-3H. The van der Waals surface area contributed by atoms with Crippen molar-refractivity contribution in [3.63, 3.8) is 0 Å². The Kier molecular flexibility index (Phi) is 2.46. The van der Waals surface area contributed by atoms with Crippen molar-refractivity contribution in [3.8, 4) is 0 Å². The van der Waals surface area contributed by atoms with Gasteiger partial charge in [0.15, 0.2) is 4.34 Å². The minimum Gasteiger partial charge on any atom is -0.199 e. The van der Waals surface area contributed by atoms with Crippen molar-refractivity contribution in [1.29, 1.82) is 0 Å². The molecule has 0 unspecified atom stereocenters. The Labute approximate surface area is 103 Å². The van der Waals surface area contributed by atoms with Gasteiger partial charge in [-0.15, -0.1) is 10.2 Å². The maximum atomic E-state index is 5.88. The minimum atomic E-state index is 0.382. The summed E-state index contributed by atoms with van der Waals surface area (Å²) in [5, 5.41) is 13.0. The fraction of sp³-hybridized carbons (Fsp3) is 0. The summed E-state index contributed by atoms with van der Waals surface area (Å²) in [6.07, 6.45) is 1.43. The summed E-state index contributed by atoms with van der Waals surface area (Å²) in [5.74, 6) is 0.472. The number of halogens is 1. The van der Waals surface area contributed by atoms with E-state index in [2.05, 4.69) is 25.3 Å². The minimum absolute atomic E-state index is 0.382. The van der Waals surface area contributed by atoms with Gasteiger partial charge in [0.1, 0.15) is 22.0 Å². The molecule has 9 heteroatoms. The molecule has 0 aliphatic rings. The topological polar surface area (TPSA) is 68.9 Å². The Morgan fingerprint density at radius 3 is 3.19 bits per heavy atom. The molecular formula is C7H3ClN6S2. The molecule has 80 valence electrons. The molecular weight excluding hydrogens is 268 g/mol. The molecule has 3 aromatic heterocycles. The second kappa shape index (κ2) is 3.96. The molecule has 3 aromatic rings. The lowest BCUT2D eigenvalue weighted by molar-refractivity contribution is 0.841. The fourth-order valence-corrected chi connectivity index (χ4v) is 2.88. The average Bonchev–Trinajstić information content (AvgIpc) is 2.87. The van der Waals surface area contributed by atoms with Crippen LogP contribution in [0.3, 0.4) is 0 Å². The highest BCUT2D eigenvalue weighted by Crippen LogP contribution is 2.29. The maximum Gasteiger partial charge on any atom is 0.254 e. The zero-order valence-electron chi connectivity index (χ0n) is 7.61. The summed E-state index contributed by atoms with van der Waals surface area (Å²) < 4.78 is 2.43. The van der Waals surface area contributed by atoms with Crippen LogP contribution in [0.4, 0.5) is 0 Å². The quantitative estimate of drug-likeness (QED) is 0.661. The van der Waals surface area contributed by atoms with E-state index in [9.17, 15) is 0 Å². The van der Waals surface area contributed by atoms with Gasteiger partial charge in [0.2, 0.25) is 0 Å². The molecule has 0 saturated heterocycles. The van der Waals surface area contributed by atoms with E-state index in [4.69, 9.17) is 11.6 Å². The molecule has 0 bridgehead atoms. The van der Waals surface area contributed by atoms with Crippen LogP contribution >= 0.6 is 34.7 Å². The van der Waals surface area contributed by atoms with E-state index in [-0.39, 0.29) is 0 Å². The van der Waals surface area contributed by atoms with E-state index in [1.807, 2.05) is 0 Å². The molecule has 0 spiro atoms. The average molecular weight is 271 g/mol. The molecule has 3 rings (SSSR count). The van der Waals surface area contributed by atoms with Crippen molar-refractivity contribution in [1.82, 2.24) is 29.8 Å². The maximum absolute atomic E-state index is 5.88. The largest absolute Gasteiger partial charge is 0.254 e. The predicted molar refractivity (Wildman–Crippen MR) is 59.8 cm³/mol. The zero-order chi connectivity index (χ0) is 11.0.